The van der Waals surface area contributed by atoms with Crippen molar-refractivity contribution in [1.82, 2.24) is 9.97 Å². The zero-order valence-corrected chi connectivity index (χ0v) is 17.8. The van der Waals surface area contributed by atoms with Gasteiger partial charge in [-0.2, -0.15) is 0 Å². The Kier molecular flexibility index (Phi) is 6.92. The first-order valence-electron chi connectivity index (χ1n) is 9.31. The van der Waals surface area contributed by atoms with E-state index in [9.17, 15) is 9.59 Å². The van der Waals surface area contributed by atoms with Crippen molar-refractivity contribution in [2.24, 2.45) is 10.9 Å². The lowest BCUT2D eigenvalue weighted by Crippen LogP contribution is -2.37. The molecule has 152 valence electrons. The number of fused-ring (bicyclic) bond motifs is 1. The van der Waals surface area contributed by atoms with Crippen LogP contribution in [0.1, 0.15) is 37.3 Å². The van der Waals surface area contributed by atoms with Crippen molar-refractivity contribution in [2.75, 3.05) is 12.4 Å². The van der Waals surface area contributed by atoms with Crippen LogP contribution in [-0.4, -0.2) is 34.0 Å². The number of aliphatic imine (C=N–C) groups is 1. The van der Waals surface area contributed by atoms with Gasteiger partial charge in [0.05, 0.1) is 5.56 Å². The molecule has 2 atom stereocenters. The number of thioether (sulfide) groups is 1. The molecular formula is C21H22ClN3O3S. The lowest BCUT2D eigenvalue weighted by atomic mass is 9.77. The third-order valence-corrected chi connectivity index (χ3v) is 5.89. The van der Waals surface area contributed by atoms with Gasteiger partial charge < -0.3 is 9.72 Å². The number of halogens is 1. The number of aromatic nitrogens is 2. The summed E-state index contributed by atoms with van der Waals surface area (Å²) in [5.41, 5.74) is 1.38. The van der Waals surface area contributed by atoms with E-state index in [0.29, 0.717) is 27.3 Å². The molecule has 0 saturated carbocycles. The molecule has 1 N–H and O–H groups in total. The number of esters is 1. The SMILES string of the molecule is C=CCOC(=O)C1C(C)=Nc2nc(SCCC)[nH]c(=O)c2C1c1ccc(Cl)cc1. The topological polar surface area (TPSA) is 84.4 Å². The predicted molar refractivity (Wildman–Crippen MR) is 117 cm³/mol. The Hall–Kier alpha value is -2.38. The summed E-state index contributed by atoms with van der Waals surface area (Å²) in [5, 5.41) is 1.09. The van der Waals surface area contributed by atoms with E-state index in [1.807, 2.05) is 12.1 Å². The molecular weight excluding hydrogens is 410 g/mol. The van der Waals surface area contributed by atoms with E-state index in [2.05, 4.69) is 28.5 Å². The average molecular weight is 432 g/mol. The standard InChI is InChI=1S/C21H22ClN3O3S/c1-4-10-28-20(27)15-12(3)23-18-17(16(15)13-6-8-14(22)9-7-13)19(26)25-21(24-18)29-11-5-2/h4,6-9,15-16H,1,5,10-11H2,2-3H3,(H,24,25,26). The third-order valence-electron chi connectivity index (χ3n) is 4.56. The van der Waals surface area contributed by atoms with Gasteiger partial charge in [-0.3, -0.25) is 9.59 Å². The number of benzene rings is 1. The van der Waals surface area contributed by atoms with Gasteiger partial charge in [-0.25, -0.2) is 9.98 Å². The van der Waals surface area contributed by atoms with Gasteiger partial charge in [-0.05, 0) is 31.0 Å². The van der Waals surface area contributed by atoms with Gasteiger partial charge in [-0.15, -0.1) is 0 Å². The van der Waals surface area contributed by atoms with Crippen LogP contribution in [0.4, 0.5) is 5.82 Å². The summed E-state index contributed by atoms with van der Waals surface area (Å²) in [5.74, 6) is -0.584. The molecule has 2 heterocycles. The van der Waals surface area contributed by atoms with Gasteiger partial charge in [-0.1, -0.05) is 55.1 Å². The van der Waals surface area contributed by atoms with Crippen molar-refractivity contribution < 1.29 is 9.53 Å². The van der Waals surface area contributed by atoms with Crippen LogP contribution in [0, 0.1) is 5.92 Å². The van der Waals surface area contributed by atoms with E-state index >= 15 is 0 Å². The molecule has 0 aliphatic carbocycles. The van der Waals surface area contributed by atoms with Crippen molar-refractivity contribution in [3.63, 3.8) is 0 Å². The molecule has 0 saturated heterocycles. The van der Waals surface area contributed by atoms with Crippen LogP contribution in [0.15, 0.2) is 51.9 Å². The highest BCUT2D eigenvalue weighted by Crippen LogP contribution is 2.41. The molecule has 1 aromatic heterocycles. The van der Waals surface area contributed by atoms with Gasteiger partial charge in [0.25, 0.3) is 5.56 Å². The summed E-state index contributed by atoms with van der Waals surface area (Å²) < 4.78 is 5.31. The third kappa shape index (κ3) is 4.62. The molecule has 0 amide bonds. The molecule has 3 rings (SSSR count). The lowest BCUT2D eigenvalue weighted by molar-refractivity contribution is -0.145. The number of nitrogens with zero attached hydrogens (tertiary/aromatic N) is 2. The summed E-state index contributed by atoms with van der Waals surface area (Å²) in [6, 6.07) is 7.08. The Bertz CT molecular complexity index is 1000. The maximum atomic E-state index is 13.0. The Morgan fingerprint density at radius 3 is 2.76 bits per heavy atom. The molecule has 2 aromatic rings. The average Bonchev–Trinajstić information content (AvgIpc) is 2.70. The fourth-order valence-electron chi connectivity index (χ4n) is 3.29. The highest BCUT2D eigenvalue weighted by molar-refractivity contribution is 7.99. The zero-order chi connectivity index (χ0) is 21.0. The molecule has 1 aliphatic rings. The maximum Gasteiger partial charge on any atom is 0.315 e. The highest BCUT2D eigenvalue weighted by Gasteiger charge is 2.41. The first kappa shape index (κ1) is 21.3. The summed E-state index contributed by atoms with van der Waals surface area (Å²) in [6.45, 7) is 7.48. The predicted octanol–water partition coefficient (Wildman–Crippen LogP) is 4.51. The summed E-state index contributed by atoms with van der Waals surface area (Å²) in [4.78, 5) is 37.7. The number of hydrogen-bond acceptors (Lipinski definition) is 6. The first-order chi connectivity index (χ1) is 14.0. The fourth-order valence-corrected chi connectivity index (χ4v) is 4.13. The molecule has 29 heavy (non-hydrogen) atoms. The van der Waals surface area contributed by atoms with Crippen LogP contribution in [-0.2, 0) is 9.53 Å². The number of rotatable bonds is 7. The number of aromatic amines is 1. The van der Waals surface area contributed by atoms with E-state index in [1.54, 1.807) is 19.1 Å². The van der Waals surface area contributed by atoms with Crippen molar-refractivity contribution >= 4 is 40.9 Å². The van der Waals surface area contributed by atoms with Crippen LogP contribution in [0.5, 0.6) is 0 Å². The number of nitrogens with one attached hydrogen (secondary N) is 1. The van der Waals surface area contributed by atoms with Crippen molar-refractivity contribution in [1.29, 1.82) is 0 Å². The van der Waals surface area contributed by atoms with E-state index in [0.717, 1.165) is 17.7 Å². The monoisotopic (exact) mass is 431 g/mol. The Balaban J connectivity index is 2.15. The summed E-state index contributed by atoms with van der Waals surface area (Å²) in [7, 11) is 0. The van der Waals surface area contributed by atoms with Gasteiger partial charge >= 0.3 is 5.97 Å². The van der Waals surface area contributed by atoms with Gasteiger partial charge in [0.15, 0.2) is 11.0 Å². The zero-order valence-electron chi connectivity index (χ0n) is 16.3. The summed E-state index contributed by atoms with van der Waals surface area (Å²) >= 11 is 7.51. The largest absolute Gasteiger partial charge is 0.461 e. The quantitative estimate of drug-likeness (QED) is 0.302. The molecule has 0 fully saturated rings. The minimum Gasteiger partial charge on any atom is -0.461 e. The molecule has 6 nitrogen and oxygen atoms in total. The number of carbonyl (C=O) groups excluding carboxylic acids is 1. The fraction of sp³-hybridized carbons (Fsp3) is 0.333. The van der Waals surface area contributed by atoms with E-state index in [-0.39, 0.29) is 12.2 Å². The van der Waals surface area contributed by atoms with E-state index < -0.39 is 17.8 Å². The molecule has 0 bridgehead atoms. The minimum absolute atomic E-state index is 0.0873. The van der Waals surface area contributed by atoms with Crippen LogP contribution in [0.25, 0.3) is 0 Å². The van der Waals surface area contributed by atoms with E-state index in [1.165, 1.54) is 17.8 Å². The minimum atomic E-state index is -0.735. The second kappa shape index (κ2) is 9.41. The number of ether oxygens (including phenoxy) is 1. The number of carbonyl (C=O) groups is 1. The molecule has 1 aliphatic heterocycles. The van der Waals surface area contributed by atoms with E-state index in [4.69, 9.17) is 16.3 Å². The highest BCUT2D eigenvalue weighted by atomic mass is 35.5. The van der Waals surface area contributed by atoms with Crippen LogP contribution >= 0.6 is 23.4 Å². The van der Waals surface area contributed by atoms with Crippen LogP contribution in [0.2, 0.25) is 5.02 Å². The smallest absolute Gasteiger partial charge is 0.315 e. The second-order valence-electron chi connectivity index (χ2n) is 6.64. The van der Waals surface area contributed by atoms with Crippen molar-refractivity contribution in [3.8, 4) is 0 Å². The molecule has 0 radical (unpaired) electrons. The lowest BCUT2D eigenvalue weighted by Gasteiger charge is -2.30. The molecule has 2 unspecified atom stereocenters. The molecule has 8 heteroatoms. The first-order valence-corrected chi connectivity index (χ1v) is 10.7. The van der Waals surface area contributed by atoms with Gasteiger partial charge in [0.2, 0.25) is 0 Å². The normalized spacial score (nSPS) is 18.0. The maximum absolute atomic E-state index is 13.0. The number of H-pyrrole nitrogens is 1. The van der Waals surface area contributed by atoms with Crippen LogP contribution in [0.3, 0.4) is 0 Å². The Morgan fingerprint density at radius 2 is 2.10 bits per heavy atom. The Labute approximate surface area is 178 Å². The second-order valence-corrected chi connectivity index (χ2v) is 8.16. The number of hydrogen-bond donors (Lipinski definition) is 1. The van der Waals surface area contributed by atoms with Crippen LogP contribution < -0.4 is 5.56 Å². The molecule has 1 aromatic carbocycles. The Morgan fingerprint density at radius 1 is 1.38 bits per heavy atom. The van der Waals surface area contributed by atoms with Gasteiger partial charge in [0, 0.05) is 22.4 Å². The summed E-state index contributed by atoms with van der Waals surface area (Å²) in [6.07, 6.45) is 2.46. The van der Waals surface area contributed by atoms with Crippen molar-refractivity contribution in [2.45, 2.75) is 31.3 Å². The van der Waals surface area contributed by atoms with Crippen molar-refractivity contribution in [3.05, 3.63) is 63.4 Å². The molecule has 0 spiro atoms. The van der Waals surface area contributed by atoms with Gasteiger partial charge in [0.1, 0.15) is 12.5 Å².